The summed E-state index contributed by atoms with van der Waals surface area (Å²) in [4.78, 5) is 28.3. The third-order valence-electron chi connectivity index (χ3n) is 6.39. The summed E-state index contributed by atoms with van der Waals surface area (Å²) >= 11 is 0. The van der Waals surface area contributed by atoms with Gasteiger partial charge in [-0.25, -0.2) is 19.3 Å². The summed E-state index contributed by atoms with van der Waals surface area (Å²) in [7, 11) is 0. The van der Waals surface area contributed by atoms with Crippen molar-refractivity contribution in [2.24, 2.45) is 5.92 Å². The van der Waals surface area contributed by atoms with Crippen LogP contribution in [-0.2, 0) is 4.79 Å². The lowest BCUT2D eigenvalue weighted by Crippen LogP contribution is -2.47. The summed E-state index contributed by atoms with van der Waals surface area (Å²) < 4.78 is 15.4. The number of rotatable bonds is 4. The lowest BCUT2D eigenvalue weighted by Gasteiger charge is -2.36. The van der Waals surface area contributed by atoms with Gasteiger partial charge < -0.3 is 10.2 Å². The van der Waals surface area contributed by atoms with Crippen molar-refractivity contribution in [3.05, 3.63) is 42.6 Å². The Morgan fingerprint density at radius 2 is 1.94 bits per heavy atom. The molecule has 1 atom stereocenters. The van der Waals surface area contributed by atoms with Gasteiger partial charge in [-0.2, -0.15) is 0 Å². The van der Waals surface area contributed by atoms with Gasteiger partial charge in [-0.1, -0.05) is 19.3 Å². The third-order valence-corrected chi connectivity index (χ3v) is 6.39. The van der Waals surface area contributed by atoms with E-state index in [0.717, 1.165) is 32.2 Å². The van der Waals surface area contributed by atoms with Gasteiger partial charge in [-0.05, 0) is 43.9 Å². The van der Waals surface area contributed by atoms with Crippen LogP contribution in [0.5, 0.6) is 0 Å². The van der Waals surface area contributed by atoms with E-state index in [4.69, 9.17) is 0 Å². The van der Waals surface area contributed by atoms with E-state index in [0.29, 0.717) is 35.4 Å². The van der Waals surface area contributed by atoms with Crippen molar-refractivity contribution in [1.29, 1.82) is 0 Å². The number of nitrogens with zero attached hydrogens (tertiary/aromatic N) is 5. The summed E-state index contributed by atoms with van der Waals surface area (Å²) in [5.41, 5.74) is 1.28. The fourth-order valence-electron chi connectivity index (χ4n) is 4.79. The maximum Gasteiger partial charge on any atom is 0.225 e. The molecule has 1 unspecified atom stereocenters. The molecular formula is C23H27FN6O. The van der Waals surface area contributed by atoms with Gasteiger partial charge in [-0.3, -0.25) is 9.20 Å². The van der Waals surface area contributed by atoms with Crippen molar-refractivity contribution < 1.29 is 9.18 Å². The van der Waals surface area contributed by atoms with Gasteiger partial charge in [0.1, 0.15) is 23.0 Å². The number of aromatic nitrogens is 4. The minimum atomic E-state index is -0.342. The first-order valence-corrected chi connectivity index (χ1v) is 11.2. The third kappa shape index (κ3) is 4.24. The normalized spacial score (nSPS) is 20.2. The minimum absolute atomic E-state index is 0.156. The monoisotopic (exact) mass is 422 g/mol. The first-order valence-electron chi connectivity index (χ1n) is 11.2. The zero-order chi connectivity index (χ0) is 21.2. The minimum Gasteiger partial charge on any atom is -0.365 e. The zero-order valence-corrected chi connectivity index (χ0v) is 17.5. The van der Waals surface area contributed by atoms with E-state index >= 15 is 0 Å². The van der Waals surface area contributed by atoms with Crippen molar-refractivity contribution in [3.63, 3.8) is 0 Å². The zero-order valence-electron chi connectivity index (χ0n) is 17.5. The van der Waals surface area contributed by atoms with Crippen LogP contribution in [0.2, 0.25) is 0 Å². The number of hydrogen-bond donors (Lipinski definition) is 1. The molecule has 1 N–H and O–H groups in total. The highest BCUT2D eigenvalue weighted by molar-refractivity contribution is 5.79. The van der Waals surface area contributed by atoms with E-state index < -0.39 is 0 Å². The van der Waals surface area contributed by atoms with Crippen LogP contribution < -0.4 is 5.32 Å². The number of halogens is 1. The van der Waals surface area contributed by atoms with Crippen LogP contribution in [0.4, 0.5) is 10.2 Å². The molecule has 0 bridgehead atoms. The Morgan fingerprint density at radius 1 is 1.06 bits per heavy atom. The highest BCUT2D eigenvalue weighted by Gasteiger charge is 2.29. The first kappa shape index (κ1) is 19.9. The second-order valence-corrected chi connectivity index (χ2v) is 8.59. The topological polar surface area (TPSA) is 75.4 Å². The molecular weight excluding hydrogens is 395 g/mol. The molecule has 8 heteroatoms. The van der Waals surface area contributed by atoms with Gasteiger partial charge >= 0.3 is 0 Å². The molecule has 4 heterocycles. The van der Waals surface area contributed by atoms with Crippen molar-refractivity contribution in [3.8, 4) is 11.5 Å². The lowest BCUT2D eigenvalue weighted by molar-refractivity contribution is -0.137. The molecule has 0 spiro atoms. The first-order chi connectivity index (χ1) is 15.2. The van der Waals surface area contributed by atoms with Crippen molar-refractivity contribution >= 4 is 17.4 Å². The maximum atomic E-state index is 13.7. The number of carbonyl (C=O) groups excluding carboxylic acids is 1. The number of likely N-dealkylation sites (tertiary alicyclic amines) is 1. The van der Waals surface area contributed by atoms with Crippen LogP contribution in [-0.4, -0.2) is 49.3 Å². The van der Waals surface area contributed by atoms with Crippen molar-refractivity contribution in [1.82, 2.24) is 24.3 Å². The number of imidazole rings is 1. The van der Waals surface area contributed by atoms with Gasteiger partial charge in [0.2, 0.25) is 5.91 Å². The van der Waals surface area contributed by atoms with Crippen LogP contribution in [0.3, 0.4) is 0 Å². The fourth-order valence-corrected chi connectivity index (χ4v) is 4.79. The van der Waals surface area contributed by atoms with Crippen LogP contribution >= 0.6 is 0 Å². The molecule has 1 saturated carbocycles. The SMILES string of the molecule is O=C(C1CCCCC1)N1CCCC(Nc2ccnc(-c3cnc4ccc(F)cn34)n2)C1. The fraction of sp³-hybridized carbons (Fsp3) is 0.478. The molecule has 1 amide bonds. The molecule has 5 rings (SSSR count). The second kappa shape index (κ2) is 8.61. The van der Waals surface area contributed by atoms with E-state index in [2.05, 4.69) is 20.3 Å². The number of nitrogens with one attached hydrogen (secondary N) is 1. The Hall–Kier alpha value is -3.03. The molecule has 1 saturated heterocycles. The summed E-state index contributed by atoms with van der Waals surface area (Å²) in [5.74, 6) is 1.37. The molecule has 0 radical (unpaired) electrons. The number of pyridine rings is 1. The van der Waals surface area contributed by atoms with E-state index in [1.54, 1.807) is 22.9 Å². The molecule has 162 valence electrons. The Balaban J connectivity index is 1.30. The average molecular weight is 423 g/mol. The lowest BCUT2D eigenvalue weighted by atomic mass is 9.87. The molecule has 3 aromatic heterocycles. The largest absolute Gasteiger partial charge is 0.365 e. The highest BCUT2D eigenvalue weighted by atomic mass is 19.1. The molecule has 2 fully saturated rings. The highest BCUT2D eigenvalue weighted by Crippen LogP contribution is 2.27. The van der Waals surface area contributed by atoms with Gasteiger partial charge in [0, 0.05) is 37.4 Å². The van der Waals surface area contributed by atoms with Crippen molar-refractivity contribution in [2.45, 2.75) is 51.0 Å². The second-order valence-electron chi connectivity index (χ2n) is 8.59. The molecule has 1 aliphatic heterocycles. The van der Waals surface area contributed by atoms with E-state index in [-0.39, 0.29) is 17.8 Å². The van der Waals surface area contributed by atoms with E-state index in [1.807, 2.05) is 11.0 Å². The van der Waals surface area contributed by atoms with Crippen LogP contribution in [0.15, 0.2) is 36.8 Å². The Bertz CT molecular complexity index is 1080. The molecule has 0 aromatic carbocycles. The Labute approximate surface area is 180 Å². The van der Waals surface area contributed by atoms with Crippen LogP contribution in [0.25, 0.3) is 17.2 Å². The summed E-state index contributed by atoms with van der Waals surface area (Å²) in [6.45, 7) is 1.55. The quantitative estimate of drug-likeness (QED) is 0.690. The molecule has 7 nitrogen and oxygen atoms in total. The van der Waals surface area contributed by atoms with Crippen molar-refractivity contribution in [2.75, 3.05) is 18.4 Å². The number of amides is 1. The number of piperidine rings is 1. The van der Waals surface area contributed by atoms with Gasteiger partial charge in [0.25, 0.3) is 0 Å². The Kier molecular flexibility index (Phi) is 5.53. The van der Waals surface area contributed by atoms with Gasteiger partial charge in [0.05, 0.1) is 6.20 Å². The number of fused-ring (bicyclic) bond motifs is 1. The van der Waals surface area contributed by atoms with E-state index in [1.165, 1.54) is 31.5 Å². The average Bonchev–Trinajstić information content (AvgIpc) is 3.22. The predicted octanol–water partition coefficient (Wildman–Crippen LogP) is 3.91. The summed E-state index contributed by atoms with van der Waals surface area (Å²) in [5, 5.41) is 3.48. The van der Waals surface area contributed by atoms with Crippen LogP contribution in [0, 0.1) is 11.7 Å². The van der Waals surface area contributed by atoms with Gasteiger partial charge in [0.15, 0.2) is 5.82 Å². The molecule has 31 heavy (non-hydrogen) atoms. The maximum absolute atomic E-state index is 13.7. The number of hydrogen-bond acceptors (Lipinski definition) is 5. The molecule has 1 aliphatic carbocycles. The van der Waals surface area contributed by atoms with Crippen LogP contribution in [0.1, 0.15) is 44.9 Å². The smallest absolute Gasteiger partial charge is 0.225 e. The number of carbonyl (C=O) groups is 1. The summed E-state index contributed by atoms with van der Waals surface area (Å²) in [6, 6.07) is 4.99. The summed E-state index contributed by atoms with van der Waals surface area (Å²) in [6.07, 6.45) is 12.4. The standard InChI is InChI=1S/C23H27FN6O/c24-17-8-9-21-26-13-19(30(21)14-17)22-25-11-10-20(28-22)27-18-7-4-12-29(15-18)23(31)16-5-2-1-3-6-16/h8-11,13-14,16,18H,1-7,12,15H2,(H,25,27,28). The molecule has 2 aliphatic rings. The predicted molar refractivity (Wildman–Crippen MR) is 116 cm³/mol. The van der Waals surface area contributed by atoms with E-state index in [9.17, 15) is 9.18 Å². The van der Waals surface area contributed by atoms with Gasteiger partial charge in [-0.15, -0.1) is 0 Å². The molecule has 3 aromatic rings. The number of anilines is 1. The Morgan fingerprint density at radius 3 is 2.81 bits per heavy atom.